The van der Waals surface area contributed by atoms with E-state index >= 15 is 0 Å². The molecular formula is C24H26N3O3+. The minimum absolute atomic E-state index is 0.132. The normalized spacial score (nSPS) is 29.7. The fourth-order valence-electron chi connectivity index (χ4n) is 5.67. The number of nitrogens with two attached hydrogens (primary N) is 1. The van der Waals surface area contributed by atoms with Gasteiger partial charge < -0.3 is 10.6 Å². The summed E-state index contributed by atoms with van der Waals surface area (Å²) >= 11 is 0. The quantitative estimate of drug-likeness (QED) is 0.750. The maximum atomic E-state index is 13.9. The molecule has 2 saturated heterocycles. The minimum Gasteiger partial charge on any atom is -0.326 e. The molecule has 0 bridgehead atoms. The molecular weight excluding hydrogens is 378 g/mol. The lowest BCUT2D eigenvalue weighted by Crippen LogP contribution is -2.99. The third-order valence-corrected chi connectivity index (χ3v) is 7.30. The van der Waals surface area contributed by atoms with Crippen LogP contribution in [-0.4, -0.2) is 23.8 Å². The van der Waals surface area contributed by atoms with E-state index in [0.29, 0.717) is 5.69 Å². The summed E-state index contributed by atoms with van der Waals surface area (Å²) in [6.45, 7) is 8.00. The largest absolute Gasteiger partial charge is 0.326 e. The van der Waals surface area contributed by atoms with Gasteiger partial charge in [0.15, 0.2) is 0 Å². The lowest BCUT2D eigenvalue weighted by Gasteiger charge is -2.28. The average molecular weight is 404 g/mol. The molecule has 5 rings (SSSR count). The predicted octanol–water partition coefficient (Wildman–Crippen LogP) is 1.86. The number of amides is 3. The van der Waals surface area contributed by atoms with Crippen LogP contribution in [0.15, 0.2) is 42.5 Å². The molecule has 2 aromatic rings. The molecule has 1 spiro atoms. The Morgan fingerprint density at radius 1 is 1.00 bits per heavy atom. The van der Waals surface area contributed by atoms with Gasteiger partial charge in [-0.2, -0.15) is 0 Å². The van der Waals surface area contributed by atoms with Crippen molar-refractivity contribution in [2.24, 2.45) is 17.8 Å². The Morgan fingerprint density at radius 2 is 1.73 bits per heavy atom. The Balaban J connectivity index is 1.71. The second kappa shape index (κ2) is 6.25. The van der Waals surface area contributed by atoms with E-state index in [1.54, 1.807) is 0 Å². The molecule has 0 radical (unpaired) electrons. The molecule has 30 heavy (non-hydrogen) atoms. The second-order valence-corrected chi connectivity index (χ2v) is 9.09. The summed E-state index contributed by atoms with van der Waals surface area (Å²) in [6, 6.07) is 13.0. The van der Waals surface area contributed by atoms with E-state index in [1.807, 2.05) is 75.5 Å². The Bertz CT molecular complexity index is 1110. The van der Waals surface area contributed by atoms with Crippen LogP contribution in [0, 0.1) is 31.6 Å². The highest BCUT2D eigenvalue weighted by Crippen LogP contribution is 2.50. The highest BCUT2D eigenvalue weighted by molar-refractivity contribution is 6.25. The number of para-hydroxylation sites is 1. The van der Waals surface area contributed by atoms with Crippen LogP contribution < -0.4 is 15.5 Å². The van der Waals surface area contributed by atoms with Crippen molar-refractivity contribution in [3.63, 3.8) is 0 Å². The number of hydrogen-bond acceptors (Lipinski definition) is 3. The van der Waals surface area contributed by atoms with E-state index < -0.39 is 17.4 Å². The fourth-order valence-corrected chi connectivity index (χ4v) is 5.67. The first-order valence-corrected chi connectivity index (χ1v) is 10.5. The average Bonchev–Trinajstić information content (AvgIpc) is 3.30. The van der Waals surface area contributed by atoms with Crippen LogP contribution in [0.3, 0.4) is 0 Å². The smallest absolute Gasteiger partial charge is 0.291 e. The first-order chi connectivity index (χ1) is 14.3. The number of nitrogens with zero attached hydrogens (tertiary/aromatic N) is 1. The van der Waals surface area contributed by atoms with Crippen molar-refractivity contribution in [1.29, 1.82) is 0 Å². The number of benzene rings is 2. The number of aryl methyl sites for hydroxylation is 1. The van der Waals surface area contributed by atoms with Crippen molar-refractivity contribution in [2.75, 3.05) is 10.2 Å². The van der Waals surface area contributed by atoms with Crippen molar-refractivity contribution in [2.45, 2.75) is 39.3 Å². The second-order valence-electron chi connectivity index (χ2n) is 9.09. The van der Waals surface area contributed by atoms with Crippen LogP contribution in [0.5, 0.6) is 0 Å². The van der Waals surface area contributed by atoms with Crippen molar-refractivity contribution < 1.29 is 19.7 Å². The van der Waals surface area contributed by atoms with Crippen molar-refractivity contribution >= 4 is 29.1 Å². The zero-order valence-electron chi connectivity index (χ0n) is 17.6. The molecule has 3 aliphatic rings. The molecule has 2 aromatic carbocycles. The van der Waals surface area contributed by atoms with Crippen molar-refractivity contribution in [1.82, 2.24) is 0 Å². The lowest BCUT2D eigenvalue weighted by atomic mass is 9.76. The van der Waals surface area contributed by atoms with Gasteiger partial charge in [-0.1, -0.05) is 44.2 Å². The minimum atomic E-state index is -1.10. The number of imide groups is 1. The van der Waals surface area contributed by atoms with E-state index in [0.717, 1.165) is 22.4 Å². The topological polar surface area (TPSA) is 83.1 Å². The first-order valence-electron chi connectivity index (χ1n) is 10.5. The highest BCUT2D eigenvalue weighted by Gasteiger charge is 2.74. The molecule has 6 heteroatoms. The van der Waals surface area contributed by atoms with Crippen LogP contribution in [-0.2, 0) is 19.9 Å². The summed E-state index contributed by atoms with van der Waals surface area (Å²) in [7, 11) is 0. The van der Waals surface area contributed by atoms with Gasteiger partial charge in [0.25, 0.3) is 5.91 Å². The van der Waals surface area contributed by atoms with Crippen LogP contribution in [0.2, 0.25) is 0 Å². The Kier molecular flexibility index (Phi) is 3.96. The molecule has 3 heterocycles. The van der Waals surface area contributed by atoms with Gasteiger partial charge in [-0.05, 0) is 37.1 Å². The van der Waals surface area contributed by atoms with Crippen molar-refractivity contribution in [3.05, 3.63) is 59.2 Å². The van der Waals surface area contributed by atoms with E-state index in [2.05, 4.69) is 5.32 Å². The molecule has 3 amide bonds. The SMILES string of the molecule is Cc1cccc(N2C(=O)[C@@H]3[C@@H](C(C)C)[NH2+][C@@]4(C(=O)Nc5ccccc54)[C@@H]3C2=O)c1C. The number of nitrogens with one attached hydrogen (secondary N) is 1. The van der Waals surface area contributed by atoms with Gasteiger partial charge in [0.05, 0.1) is 11.4 Å². The number of anilines is 2. The number of fused-ring (bicyclic) bond motifs is 4. The zero-order valence-corrected chi connectivity index (χ0v) is 17.6. The number of quaternary nitrogens is 1. The summed E-state index contributed by atoms with van der Waals surface area (Å²) in [5.41, 5.74) is 2.99. The van der Waals surface area contributed by atoms with Crippen LogP contribution in [0.4, 0.5) is 11.4 Å². The lowest BCUT2D eigenvalue weighted by molar-refractivity contribution is -0.738. The number of carbonyl (C=O) groups is 3. The van der Waals surface area contributed by atoms with Crippen molar-refractivity contribution in [3.8, 4) is 0 Å². The standard InChI is InChI=1S/C24H25N3O3/c1-12(2)20-18-19(24(26-20)15-9-5-6-10-16(15)25-23(24)30)22(29)27(21(18)28)17-11-7-8-13(3)14(17)4/h5-12,18-20,26H,1-4H3,(H,25,30)/p+1/t18-,19-,20+,24+/m0/s1. The third kappa shape index (κ3) is 2.20. The van der Waals surface area contributed by atoms with E-state index in [1.165, 1.54) is 4.90 Å². The summed E-state index contributed by atoms with van der Waals surface area (Å²) in [5.74, 6) is -1.79. The van der Waals surface area contributed by atoms with Crippen LogP contribution in [0.1, 0.15) is 30.5 Å². The summed E-state index contributed by atoms with van der Waals surface area (Å²) < 4.78 is 0. The van der Waals surface area contributed by atoms with E-state index in [9.17, 15) is 14.4 Å². The van der Waals surface area contributed by atoms with Gasteiger partial charge in [0.2, 0.25) is 17.4 Å². The summed E-state index contributed by atoms with van der Waals surface area (Å²) in [4.78, 5) is 42.2. The molecule has 0 aliphatic carbocycles. The van der Waals surface area contributed by atoms with Crippen LogP contribution >= 0.6 is 0 Å². The molecule has 0 saturated carbocycles. The molecule has 154 valence electrons. The van der Waals surface area contributed by atoms with Gasteiger partial charge in [-0.15, -0.1) is 0 Å². The fraction of sp³-hybridized carbons (Fsp3) is 0.375. The molecule has 0 aromatic heterocycles. The number of rotatable bonds is 2. The van der Waals surface area contributed by atoms with Crippen LogP contribution in [0.25, 0.3) is 0 Å². The molecule has 4 atom stereocenters. The predicted molar refractivity (Wildman–Crippen MR) is 113 cm³/mol. The Labute approximate surface area is 175 Å². The van der Waals surface area contributed by atoms with E-state index in [4.69, 9.17) is 0 Å². The third-order valence-electron chi connectivity index (χ3n) is 7.30. The summed E-state index contributed by atoms with van der Waals surface area (Å²) in [6.07, 6.45) is 0. The van der Waals surface area contributed by atoms with Gasteiger partial charge in [-0.25, -0.2) is 4.90 Å². The molecule has 6 nitrogen and oxygen atoms in total. The number of hydrogen-bond donors (Lipinski definition) is 2. The van der Waals surface area contributed by atoms with Gasteiger partial charge in [0, 0.05) is 11.5 Å². The molecule has 3 aliphatic heterocycles. The Morgan fingerprint density at radius 3 is 2.47 bits per heavy atom. The maximum absolute atomic E-state index is 13.9. The summed E-state index contributed by atoms with van der Waals surface area (Å²) in [5, 5.41) is 4.95. The van der Waals surface area contributed by atoms with Gasteiger partial charge in [0.1, 0.15) is 17.9 Å². The monoisotopic (exact) mass is 404 g/mol. The molecule has 2 fully saturated rings. The zero-order chi connectivity index (χ0) is 21.4. The van der Waals surface area contributed by atoms with Gasteiger partial charge >= 0.3 is 0 Å². The highest BCUT2D eigenvalue weighted by atomic mass is 16.2. The molecule has 0 unspecified atom stereocenters. The molecule has 3 N–H and O–H groups in total. The maximum Gasteiger partial charge on any atom is 0.291 e. The first kappa shape index (κ1) is 19.0. The Hall–Kier alpha value is -2.99. The van der Waals surface area contributed by atoms with Gasteiger partial charge in [-0.3, -0.25) is 14.4 Å². The number of carbonyl (C=O) groups excluding carboxylic acids is 3. The van der Waals surface area contributed by atoms with E-state index in [-0.39, 0.29) is 29.7 Å².